The molecular formula is C17H23N3O. The molecule has 2 unspecified atom stereocenters. The fourth-order valence-corrected chi connectivity index (χ4v) is 3.38. The molecule has 1 heterocycles. The lowest BCUT2D eigenvalue weighted by Gasteiger charge is -2.39. The number of aromatic nitrogens is 2. The molecule has 0 amide bonds. The van der Waals surface area contributed by atoms with E-state index in [1.54, 1.807) is 0 Å². The van der Waals surface area contributed by atoms with Crippen molar-refractivity contribution in [2.24, 2.45) is 5.92 Å². The second kappa shape index (κ2) is 6.08. The summed E-state index contributed by atoms with van der Waals surface area (Å²) in [4.78, 5) is 9.08. The summed E-state index contributed by atoms with van der Waals surface area (Å²) in [5.74, 6) is 0.668. The molecule has 1 saturated carbocycles. The fraction of sp³-hybridized carbons (Fsp3) is 0.529. The Hall–Kier alpha value is -1.52. The molecule has 4 nitrogen and oxygen atoms in total. The summed E-state index contributed by atoms with van der Waals surface area (Å²) in [6.45, 7) is 3.12. The van der Waals surface area contributed by atoms with Gasteiger partial charge < -0.3 is 10.4 Å². The molecule has 21 heavy (non-hydrogen) atoms. The molecule has 0 radical (unpaired) electrons. The van der Waals surface area contributed by atoms with Crippen molar-refractivity contribution in [2.45, 2.75) is 44.7 Å². The standard InChI is InChI=1S/C17H23N3O/c1-13-5-4-8-17(9-13,12-21)19-11-14-10-18-15-6-2-3-7-16(15)20-14/h2-3,6-7,10,13,19,21H,4-5,8-9,11-12H2,1H3. The van der Waals surface area contributed by atoms with E-state index < -0.39 is 0 Å². The number of nitrogens with zero attached hydrogens (tertiary/aromatic N) is 2. The molecule has 1 fully saturated rings. The molecule has 1 aliphatic carbocycles. The number of rotatable bonds is 4. The molecular weight excluding hydrogens is 262 g/mol. The second-order valence-corrected chi connectivity index (χ2v) is 6.34. The van der Waals surface area contributed by atoms with E-state index in [-0.39, 0.29) is 12.1 Å². The van der Waals surface area contributed by atoms with Crippen molar-refractivity contribution in [1.82, 2.24) is 15.3 Å². The van der Waals surface area contributed by atoms with Crippen molar-refractivity contribution in [3.8, 4) is 0 Å². The van der Waals surface area contributed by atoms with Gasteiger partial charge >= 0.3 is 0 Å². The van der Waals surface area contributed by atoms with Gasteiger partial charge in [0.05, 0.1) is 29.5 Å². The first kappa shape index (κ1) is 14.4. The highest BCUT2D eigenvalue weighted by Gasteiger charge is 2.33. The summed E-state index contributed by atoms with van der Waals surface area (Å²) >= 11 is 0. The van der Waals surface area contributed by atoms with Gasteiger partial charge in [0.15, 0.2) is 0 Å². The smallest absolute Gasteiger partial charge is 0.0890 e. The van der Waals surface area contributed by atoms with Crippen LogP contribution in [0.3, 0.4) is 0 Å². The molecule has 0 spiro atoms. The number of benzene rings is 1. The number of aliphatic hydroxyl groups excluding tert-OH is 1. The Morgan fingerprint density at radius 3 is 2.90 bits per heavy atom. The average Bonchev–Trinajstić information content (AvgIpc) is 2.53. The Morgan fingerprint density at radius 2 is 2.14 bits per heavy atom. The maximum absolute atomic E-state index is 9.81. The van der Waals surface area contributed by atoms with Crippen LogP contribution in [0.2, 0.25) is 0 Å². The Bertz CT molecular complexity index is 616. The minimum Gasteiger partial charge on any atom is -0.394 e. The van der Waals surface area contributed by atoms with Crippen LogP contribution in [0.5, 0.6) is 0 Å². The lowest BCUT2D eigenvalue weighted by atomic mass is 9.77. The van der Waals surface area contributed by atoms with Crippen molar-refractivity contribution in [2.75, 3.05) is 6.61 Å². The molecule has 112 valence electrons. The van der Waals surface area contributed by atoms with E-state index in [1.165, 1.54) is 12.8 Å². The van der Waals surface area contributed by atoms with E-state index in [1.807, 2.05) is 30.5 Å². The summed E-state index contributed by atoms with van der Waals surface area (Å²) in [7, 11) is 0. The van der Waals surface area contributed by atoms with Crippen LogP contribution >= 0.6 is 0 Å². The molecule has 1 aromatic carbocycles. The molecule has 0 bridgehead atoms. The minimum atomic E-state index is -0.148. The summed E-state index contributed by atoms with van der Waals surface area (Å²) in [5, 5.41) is 13.4. The van der Waals surface area contributed by atoms with Crippen LogP contribution in [-0.4, -0.2) is 27.2 Å². The lowest BCUT2D eigenvalue weighted by molar-refractivity contribution is 0.0979. The highest BCUT2D eigenvalue weighted by Crippen LogP contribution is 2.32. The maximum Gasteiger partial charge on any atom is 0.0890 e. The minimum absolute atomic E-state index is 0.148. The molecule has 1 aliphatic rings. The van der Waals surface area contributed by atoms with Crippen LogP contribution < -0.4 is 5.32 Å². The number of para-hydroxylation sites is 2. The van der Waals surface area contributed by atoms with Crippen molar-refractivity contribution in [1.29, 1.82) is 0 Å². The van der Waals surface area contributed by atoms with Gasteiger partial charge in [0.25, 0.3) is 0 Å². The highest BCUT2D eigenvalue weighted by atomic mass is 16.3. The number of hydrogen-bond acceptors (Lipinski definition) is 4. The van der Waals surface area contributed by atoms with Gasteiger partial charge in [-0.3, -0.25) is 4.98 Å². The normalized spacial score (nSPS) is 26.1. The van der Waals surface area contributed by atoms with Gasteiger partial charge in [-0.05, 0) is 30.9 Å². The fourth-order valence-electron chi connectivity index (χ4n) is 3.38. The van der Waals surface area contributed by atoms with Gasteiger partial charge in [0.2, 0.25) is 0 Å². The maximum atomic E-state index is 9.81. The Kier molecular flexibility index (Phi) is 4.17. The van der Waals surface area contributed by atoms with E-state index in [2.05, 4.69) is 22.2 Å². The van der Waals surface area contributed by atoms with Gasteiger partial charge in [-0.15, -0.1) is 0 Å². The molecule has 4 heteroatoms. The van der Waals surface area contributed by atoms with Crippen LogP contribution in [0.25, 0.3) is 11.0 Å². The number of hydrogen-bond donors (Lipinski definition) is 2. The van der Waals surface area contributed by atoms with Gasteiger partial charge in [-0.1, -0.05) is 31.9 Å². The largest absolute Gasteiger partial charge is 0.394 e. The first-order valence-electron chi connectivity index (χ1n) is 7.77. The molecule has 0 aliphatic heterocycles. The molecule has 2 aromatic rings. The Balaban J connectivity index is 1.72. The number of nitrogens with one attached hydrogen (secondary N) is 1. The zero-order chi connectivity index (χ0) is 14.7. The molecule has 2 N–H and O–H groups in total. The highest BCUT2D eigenvalue weighted by molar-refractivity contribution is 5.73. The van der Waals surface area contributed by atoms with E-state index in [0.717, 1.165) is 29.6 Å². The number of fused-ring (bicyclic) bond motifs is 1. The van der Waals surface area contributed by atoms with Crippen molar-refractivity contribution >= 4 is 11.0 Å². The molecule has 1 aromatic heterocycles. The Labute approximate surface area is 125 Å². The second-order valence-electron chi connectivity index (χ2n) is 6.34. The zero-order valence-electron chi connectivity index (χ0n) is 12.5. The first-order valence-corrected chi connectivity index (χ1v) is 7.77. The van der Waals surface area contributed by atoms with Crippen LogP contribution in [0.1, 0.15) is 38.3 Å². The average molecular weight is 285 g/mol. The summed E-state index contributed by atoms with van der Waals surface area (Å²) in [5.41, 5.74) is 2.63. The van der Waals surface area contributed by atoms with Gasteiger partial charge in [0, 0.05) is 12.1 Å². The first-order chi connectivity index (χ1) is 10.2. The zero-order valence-corrected chi connectivity index (χ0v) is 12.5. The number of aliphatic hydroxyl groups is 1. The summed E-state index contributed by atoms with van der Waals surface area (Å²) < 4.78 is 0. The van der Waals surface area contributed by atoms with E-state index in [9.17, 15) is 5.11 Å². The summed E-state index contributed by atoms with van der Waals surface area (Å²) in [6, 6.07) is 7.90. The third kappa shape index (κ3) is 3.22. The van der Waals surface area contributed by atoms with Gasteiger partial charge in [0.1, 0.15) is 0 Å². The predicted octanol–water partition coefficient (Wildman–Crippen LogP) is 2.66. The molecule has 2 atom stereocenters. The third-order valence-electron chi connectivity index (χ3n) is 4.54. The van der Waals surface area contributed by atoms with Crippen LogP contribution in [0.15, 0.2) is 30.5 Å². The van der Waals surface area contributed by atoms with Gasteiger partial charge in [-0.2, -0.15) is 0 Å². The monoisotopic (exact) mass is 285 g/mol. The third-order valence-corrected chi connectivity index (χ3v) is 4.54. The van der Waals surface area contributed by atoms with Crippen molar-refractivity contribution in [3.63, 3.8) is 0 Å². The quantitative estimate of drug-likeness (QED) is 0.906. The molecule has 0 saturated heterocycles. The van der Waals surface area contributed by atoms with E-state index in [0.29, 0.717) is 12.5 Å². The van der Waals surface area contributed by atoms with Crippen molar-refractivity contribution < 1.29 is 5.11 Å². The topological polar surface area (TPSA) is 58.0 Å². The molecule has 3 rings (SSSR count). The van der Waals surface area contributed by atoms with Gasteiger partial charge in [-0.25, -0.2) is 4.98 Å². The Morgan fingerprint density at radius 1 is 1.33 bits per heavy atom. The lowest BCUT2D eigenvalue weighted by Crippen LogP contribution is -2.51. The summed E-state index contributed by atoms with van der Waals surface area (Å²) in [6.07, 6.45) is 6.34. The van der Waals surface area contributed by atoms with Crippen LogP contribution in [0, 0.1) is 5.92 Å². The predicted molar refractivity (Wildman–Crippen MR) is 83.8 cm³/mol. The van der Waals surface area contributed by atoms with Crippen molar-refractivity contribution in [3.05, 3.63) is 36.2 Å². The van der Waals surface area contributed by atoms with E-state index >= 15 is 0 Å². The van der Waals surface area contributed by atoms with Crippen LogP contribution in [-0.2, 0) is 6.54 Å². The SMILES string of the molecule is CC1CCCC(CO)(NCc2cnc3ccccc3n2)C1. The van der Waals surface area contributed by atoms with Crippen LogP contribution in [0.4, 0.5) is 0 Å². The van der Waals surface area contributed by atoms with E-state index in [4.69, 9.17) is 0 Å².